The third kappa shape index (κ3) is 4.50. The molecule has 1 aromatic carbocycles. The number of carbonyl (C=O) groups is 1. The number of likely N-dealkylation sites (tertiary alicyclic amines) is 1. The Morgan fingerprint density at radius 3 is 2.88 bits per heavy atom. The van der Waals surface area contributed by atoms with Crippen LogP contribution in [-0.2, 0) is 17.9 Å². The topological polar surface area (TPSA) is 56.7 Å². The molecule has 1 aliphatic rings. The monoisotopic (exact) mass is 373 g/mol. The highest BCUT2D eigenvalue weighted by atomic mass is 32.1. The van der Waals surface area contributed by atoms with Gasteiger partial charge in [0.25, 0.3) is 5.91 Å². The second-order valence-corrected chi connectivity index (χ2v) is 8.44. The van der Waals surface area contributed by atoms with Gasteiger partial charge in [0.1, 0.15) is 0 Å². The van der Waals surface area contributed by atoms with Crippen LogP contribution in [0.25, 0.3) is 0 Å². The number of likely N-dealkylation sites (N-methyl/N-ethyl adjacent to an activating group) is 1. The molecule has 2 aromatic rings. The smallest absolute Gasteiger partial charge is 0.256 e. The molecule has 140 valence electrons. The van der Waals surface area contributed by atoms with Crippen molar-refractivity contribution in [2.24, 2.45) is 0 Å². The highest BCUT2D eigenvalue weighted by molar-refractivity contribution is 7.09. The van der Waals surface area contributed by atoms with Gasteiger partial charge in [0.05, 0.1) is 10.7 Å². The molecular weight excluding hydrogens is 346 g/mol. The Kier molecular flexibility index (Phi) is 5.75. The number of benzene rings is 1. The number of carbonyl (C=O) groups excluding carboxylic acids is 1. The van der Waals surface area contributed by atoms with Crippen LogP contribution in [-0.4, -0.2) is 51.5 Å². The quantitative estimate of drug-likeness (QED) is 0.846. The summed E-state index contributed by atoms with van der Waals surface area (Å²) < 4.78 is 0. The van der Waals surface area contributed by atoms with E-state index in [1.54, 1.807) is 16.2 Å². The first kappa shape index (κ1) is 19.0. The molecule has 6 heteroatoms. The molecule has 2 heterocycles. The van der Waals surface area contributed by atoms with Gasteiger partial charge in [-0.2, -0.15) is 0 Å². The summed E-state index contributed by atoms with van der Waals surface area (Å²) in [5.41, 5.74) is 1.95. The SMILES string of the molecule is Cc1cccc(CN2CCCC(O)(CN(C)Cc3csc(C)n3)C2=O)c1. The number of thiazole rings is 1. The van der Waals surface area contributed by atoms with E-state index < -0.39 is 5.60 Å². The Morgan fingerprint density at radius 1 is 1.38 bits per heavy atom. The summed E-state index contributed by atoms with van der Waals surface area (Å²) in [6.45, 7) is 6.25. The standard InChI is InChI=1S/C20H27N3O2S/c1-15-6-4-7-17(10-15)11-23-9-5-8-20(25,19(23)24)14-22(3)12-18-13-26-16(2)21-18/h4,6-7,10,13,25H,5,8-9,11-12,14H2,1-3H3. The predicted octanol–water partition coefficient (Wildman–Crippen LogP) is 2.75. The van der Waals surface area contributed by atoms with Crippen LogP contribution >= 0.6 is 11.3 Å². The molecule has 1 aliphatic heterocycles. The van der Waals surface area contributed by atoms with E-state index in [-0.39, 0.29) is 5.91 Å². The van der Waals surface area contributed by atoms with Gasteiger partial charge in [-0.3, -0.25) is 9.69 Å². The van der Waals surface area contributed by atoms with Crippen LogP contribution in [0.2, 0.25) is 0 Å². The molecule has 1 N–H and O–H groups in total. The van der Waals surface area contributed by atoms with Crippen molar-refractivity contribution < 1.29 is 9.90 Å². The fourth-order valence-electron chi connectivity index (χ4n) is 3.65. The molecule has 5 nitrogen and oxygen atoms in total. The molecule has 26 heavy (non-hydrogen) atoms. The van der Waals surface area contributed by atoms with Crippen LogP contribution in [0.5, 0.6) is 0 Å². The van der Waals surface area contributed by atoms with E-state index in [9.17, 15) is 9.90 Å². The lowest BCUT2D eigenvalue weighted by Crippen LogP contribution is -2.57. The highest BCUT2D eigenvalue weighted by Gasteiger charge is 2.42. The maximum absolute atomic E-state index is 13.0. The molecule has 3 rings (SSSR count). The van der Waals surface area contributed by atoms with E-state index in [4.69, 9.17) is 0 Å². The lowest BCUT2D eigenvalue weighted by atomic mass is 9.90. The molecule has 1 unspecified atom stereocenters. The fraction of sp³-hybridized carbons (Fsp3) is 0.500. The summed E-state index contributed by atoms with van der Waals surface area (Å²) in [5, 5.41) is 14.1. The van der Waals surface area contributed by atoms with E-state index in [1.807, 2.05) is 49.4 Å². The number of aliphatic hydroxyl groups is 1. The minimum atomic E-state index is -1.32. The largest absolute Gasteiger partial charge is 0.379 e. The van der Waals surface area contributed by atoms with Gasteiger partial charge in [0.2, 0.25) is 0 Å². The molecule has 0 aliphatic carbocycles. The molecule has 1 saturated heterocycles. The number of nitrogens with zero attached hydrogens (tertiary/aromatic N) is 3. The number of piperidine rings is 1. The van der Waals surface area contributed by atoms with Crippen molar-refractivity contribution in [2.45, 2.75) is 45.4 Å². The first-order valence-electron chi connectivity index (χ1n) is 9.02. The van der Waals surface area contributed by atoms with Crippen molar-refractivity contribution in [1.29, 1.82) is 0 Å². The average Bonchev–Trinajstić information content (AvgIpc) is 2.97. The Morgan fingerprint density at radius 2 is 2.19 bits per heavy atom. The zero-order valence-electron chi connectivity index (χ0n) is 15.7. The number of rotatable bonds is 6. The first-order chi connectivity index (χ1) is 12.4. The summed E-state index contributed by atoms with van der Waals surface area (Å²) in [5.74, 6) is -0.161. The minimum absolute atomic E-state index is 0.161. The molecular formula is C20H27N3O2S. The van der Waals surface area contributed by atoms with Crippen molar-refractivity contribution in [1.82, 2.24) is 14.8 Å². The molecule has 0 saturated carbocycles. The molecule has 1 aromatic heterocycles. The molecule has 1 fully saturated rings. The maximum Gasteiger partial charge on any atom is 0.256 e. The average molecular weight is 374 g/mol. The van der Waals surface area contributed by atoms with E-state index >= 15 is 0 Å². The second kappa shape index (κ2) is 7.86. The molecule has 0 radical (unpaired) electrons. The van der Waals surface area contributed by atoms with Crippen LogP contribution in [0.3, 0.4) is 0 Å². The minimum Gasteiger partial charge on any atom is -0.379 e. The van der Waals surface area contributed by atoms with Crippen LogP contribution in [0.15, 0.2) is 29.6 Å². The molecule has 0 bridgehead atoms. The van der Waals surface area contributed by atoms with E-state index in [1.165, 1.54) is 5.56 Å². The lowest BCUT2D eigenvalue weighted by molar-refractivity contribution is -0.160. The van der Waals surface area contributed by atoms with Crippen molar-refractivity contribution in [3.05, 3.63) is 51.5 Å². The van der Waals surface area contributed by atoms with Gasteiger partial charge in [-0.25, -0.2) is 4.98 Å². The summed E-state index contributed by atoms with van der Waals surface area (Å²) in [6.07, 6.45) is 1.33. The molecule has 1 amide bonds. The van der Waals surface area contributed by atoms with Gasteiger partial charge in [-0.1, -0.05) is 29.8 Å². The number of amides is 1. The Labute approximate surface area is 159 Å². The van der Waals surface area contributed by atoms with Crippen LogP contribution in [0.4, 0.5) is 0 Å². The van der Waals surface area contributed by atoms with Gasteiger partial charge in [0, 0.05) is 31.6 Å². The zero-order valence-corrected chi connectivity index (χ0v) is 16.6. The predicted molar refractivity (Wildman–Crippen MR) is 104 cm³/mol. The van der Waals surface area contributed by atoms with Crippen LogP contribution < -0.4 is 0 Å². The van der Waals surface area contributed by atoms with Crippen molar-refractivity contribution >= 4 is 17.2 Å². The highest BCUT2D eigenvalue weighted by Crippen LogP contribution is 2.26. The Bertz CT molecular complexity index is 776. The summed E-state index contributed by atoms with van der Waals surface area (Å²) >= 11 is 1.62. The van der Waals surface area contributed by atoms with Crippen LogP contribution in [0, 0.1) is 13.8 Å². The lowest BCUT2D eigenvalue weighted by Gasteiger charge is -2.40. The summed E-state index contributed by atoms with van der Waals surface area (Å²) in [4.78, 5) is 21.2. The van der Waals surface area contributed by atoms with Gasteiger partial charge in [-0.05, 0) is 39.3 Å². The number of aryl methyl sites for hydroxylation is 2. The zero-order chi connectivity index (χ0) is 18.7. The first-order valence-corrected chi connectivity index (χ1v) is 9.90. The third-order valence-electron chi connectivity index (χ3n) is 4.79. The normalized spacial score (nSPS) is 20.8. The number of hydrogen-bond donors (Lipinski definition) is 1. The van der Waals surface area contributed by atoms with Gasteiger partial charge in [-0.15, -0.1) is 11.3 Å². The van der Waals surface area contributed by atoms with Gasteiger partial charge >= 0.3 is 0 Å². The third-order valence-corrected chi connectivity index (χ3v) is 5.61. The second-order valence-electron chi connectivity index (χ2n) is 7.38. The van der Waals surface area contributed by atoms with Crippen molar-refractivity contribution in [3.8, 4) is 0 Å². The van der Waals surface area contributed by atoms with Crippen molar-refractivity contribution in [2.75, 3.05) is 20.1 Å². The fourth-order valence-corrected chi connectivity index (χ4v) is 4.26. The van der Waals surface area contributed by atoms with E-state index in [0.717, 1.165) is 22.7 Å². The Hall–Kier alpha value is -1.76. The number of aromatic nitrogens is 1. The Balaban J connectivity index is 1.65. The van der Waals surface area contributed by atoms with Gasteiger partial charge in [0.15, 0.2) is 5.60 Å². The molecule has 1 atom stereocenters. The summed E-state index contributed by atoms with van der Waals surface area (Å²) in [6, 6.07) is 8.18. The van der Waals surface area contributed by atoms with Gasteiger partial charge < -0.3 is 10.0 Å². The maximum atomic E-state index is 13.0. The number of hydrogen-bond acceptors (Lipinski definition) is 5. The van der Waals surface area contributed by atoms with Crippen molar-refractivity contribution in [3.63, 3.8) is 0 Å². The van der Waals surface area contributed by atoms with E-state index in [0.29, 0.717) is 32.6 Å². The van der Waals surface area contributed by atoms with Crippen LogP contribution in [0.1, 0.15) is 34.7 Å². The molecule has 0 spiro atoms. The van der Waals surface area contributed by atoms with E-state index in [2.05, 4.69) is 11.1 Å². The summed E-state index contributed by atoms with van der Waals surface area (Å²) in [7, 11) is 1.93.